The van der Waals surface area contributed by atoms with E-state index in [1.807, 2.05) is 0 Å². The van der Waals surface area contributed by atoms with E-state index in [2.05, 4.69) is 10.5 Å². The fourth-order valence-corrected chi connectivity index (χ4v) is 4.47. The number of nitro benzene ring substituents is 1. The van der Waals surface area contributed by atoms with Crippen LogP contribution in [-0.2, 0) is 10.0 Å². The van der Waals surface area contributed by atoms with Gasteiger partial charge in [-0.1, -0.05) is 29.8 Å². The van der Waals surface area contributed by atoms with E-state index < -0.39 is 14.9 Å². The molecular weight excluding hydrogens is 392 g/mol. The molecule has 27 heavy (non-hydrogen) atoms. The molecule has 0 atom stereocenters. The lowest BCUT2D eigenvalue weighted by Crippen LogP contribution is -2.27. The van der Waals surface area contributed by atoms with Gasteiger partial charge in [0.15, 0.2) is 0 Å². The minimum atomic E-state index is -3.74. The van der Waals surface area contributed by atoms with Crippen molar-refractivity contribution in [3.8, 4) is 0 Å². The van der Waals surface area contributed by atoms with Gasteiger partial charge < -0.3 is 0 Å². The second-order valence-corrected chi connectivity index (χ2v) is 8.28. The second kappa shape index (κ2) is 8.03. The topological polar surface area (TPSA) is 105 Å². The third-order valence-electron chi connectivity index (χ3n) is 4.16. The van der Waals surface area contributed by atoms with E-state index in [-0.39, 0.29) is 16.3 Å². The minimum Gasteiger partial charge on any atom is -0.272 e. The van der Waals surface area contributed by atoms with E-state index in [0.29, 0.717) is 23.7 Å². The van der Waals surface area contributed by atoms with E-state index in [0.717, 1.165) is 18.9 Å². The van der Waals surface area contributed by atoms with Gasteiger partial charge in [0.25, 0.3) is 5.69 Å². The Kier molecular flexibility index (Phi) is 5.73. The summed E-state index contributed by atoms with van der Waals surface area (Å²) in [5.41, 5.74) is 2.94. The zero-order valence-electron chi connectivity index (χ0n) is 14.2. The Labute approximate surface area is 161 Å². The summed E-state index contributed by atoms with van der Waals surface area (Å²) in [6.07, 6.45) is 3.01. The number of sulfonamides is 1. The standard InChI is InChI=1S/C17H17ClN4O4S/c18-15-6-2-1-5-13(15)12-19-20-16-8-7-14(11-17(16)22(23)24)27(25,26)21-9-3-4-10-21/h1-2,5-8,11-12,20H,3-4,9-10H2/b19-12-. The summed E-state index contributed by atoms with van der Waals surface area (Å²) < 4.78 is 26.5. The number of halogens is 1. The van der Waals surface area contributed by atoms with Gasteiger partial charge in [-0.3, -0.25) is 15.5 Å². The maximum Gasteiger partial charge on any atom is 0.295 e. The van der Waals surface area contributed by atoms with Crippen molar-refractivity contribution >= 4 is 39.2 Å². The molecule has 1 N–H and O–H groups in total. The first-order chi connectivity index (χ1) is 12.9. The number of anilines is 1. The Bertz CT molecular complexity index is 988. The molecule has 1 aliphatic heterocycles. The first-order valence-electron chi connectivity index (χ1n) is 8.22. The Hall–Kier alpha value is -2.49. The highest BCUT2D eigenvalue weighted by Gasteiger charge is 2.29. The Morgan fingerprint density at radius 3 is 2.56 bits per heavy atom. The predicted molar refractivity (Wildman–Crippen MR) is 104 cm³/mol. The molecule has 2 aromatic carbocycles. The van der Waals surface area contributed by atoms with Gasteiger partial charge in [-0.25, -0.2) is 8.42 Å². The third kappa shape index (κ3) is 4.26. The lowest BCUT2D eigenvalue weighted by molar-refractivity contribution is -0.384. The van der Waals surface area contributed by atoms with Gasteiger partial charge >= 0.3 is 0 Å². The molecule has 3 rings (SSSR count). The van der Waals surface area contributed by atoms with E-state index >= 15 is 0 Å². The third-order valence-corrected chi connectivity index (χ3v) is 6.40. The van der Waals surface area contributed by atoms with Crippen LogP contribution in [0, 0.1) is 10.1 Å². The maximum atomic E-state index is 12.6. The maximum absolute atomic E-state index is 12.6. The number of hydrogen-bond acceptors (Lipinski definition) is 6. The fraction of sp³-hybridized carbons (Fsp3) is 0.235. The van der Waals surface area contributed by atoms with E-state index in [9.17, 15) is 18.5 Å². The first-order valence-corrected chi connectivity index (χ1v) is 10.0. The number of rotatable bonds is 6. The number of nitro groups is 1. The molecule has 0 radical (unpaired) electrons. The van der Waals surface area contributed by atoms with Gasteiger partial charge in [-0.05, 0) is 31.0 Å². The molecule has 0 saturated carbocycles. The molecule has 0 aromatic heterocycles. The van der Waals surface area contributed by atoms with Crippen molar-refractivity contribution in [3.05, 3.63) is 63.2 Å². The first kappa shape index (κ1) is 19.3. The van der Waals surface area contributed by atoms with Crippen LogP contribution in [0.3, 0.4) is 0 Å². The summed E-state index contributed by atoms with van der Waals surface area (Å²) in [4.78, 5) is 10.7. The molecule has 142 valence electrons. The molecule has 1 aliphatic rings. The normalized spacial score (nSPS) is 15.3. The van der Waals surface area contributed by atoms with Crippen LogP contribution in [0.1, 0.15) is 18.4 Å². The van der Waals surface area contributed by atoms with Gasteiger partial charge in [0.2, 0.25) is 10.0 Å². The van der Waals surface area contributed by atoms with Crippen LogP contribution in [0.25, 0.3) is 0 Å². The Balaban J connectivity index is 1.86. The minimum absolute atomic E-state index is 0.0867. The van der Waals surface area contributed by atoms with Crippen LogP contribution in [0.15, 0.2) is 52.5 Å². The number of nitrogens with zero attached hydrogens (tertiary/aromatic N) is 3. The number of hydrogen-bond donors (Lipinski definition) is 1. The highest BCUT2D eigenvalue weighted by molar-refractivity contribution is 7.89. The van der Waals surface area contributed by atoms with Gasteiger partial charge in [0.05, 0.1) is 16.0 Å². The molecule has 8 nitrogen and oxygen atoms in total. The Morgan fingerprint density at radius 2 is 1.89 bits per heavy atom. The molecule has 0 aliphatic carbocycles. The number of benzene rings is 2. The van der Waals surface area contributed by atoms with Crippen molar-refractivity contribution in [2.45, 2.75) is 17.7 Å². The van der Waals surface area contributed by atoms with Crippen molar-refractivity contribution in [1.82, 2.24) is 4.31 Å². The van der Waals surface area contributed by atoms with E-state index in [4.69, 9.17) is 11.6 Å². The monoisotopic (exact) mass is 408 g/mol. The van der Waals surface area contributed by atoms with Crippen molar-refractivity contribution in [1.29, 1.82) is 0 Å². The van der Waals surface area contributed by atoms with Crippen LogP contribution in [-0.4, -0.2) is 37.0 Å². The van der Waals surface area contributed by atoms with Crippen LogP contribution < -0.4 is 5.43 Å². The van der Waals surface area contributed by atoms with Crippen molar-refractivity contribution in [2.24, 2.45) is 5.10 Å². The second-order valence-electron chi connectivity index (χ2n) is 5.94. The molecule has 0 unspecified atom stereocenters. The zero-order valence-corrected chi connectivity index (χ0v) is 15.8. The highest BCUT2D eigenvalue weighted by atomic mass is 35.5. The number of hydrazone groups is 1. The predicted octanol–water partition coefficient (Wildman–Crippen LogP) is 3.48. The summed E-state index contributed by atoms with van der Waals surface area (Å²) in [5.74, 6) is 0. The summed E-state index contributed by atoms with van der Waals surface area (Å²) >= 11 is 6.02. The van der Waals surface area contributed by atoms with Gasteiger partial charge in [-0.15, -0.1) is 0 Å². The average molecular weight is 409 g/mol. The van der Waals surface area contributed by atoms with Gasteiger partial charge in [0.1, 0.15) is 5.69 Å². The zero-order chi connectivity index (χ0) is 19.4. The average Bonchev–Trinajstić information content (AvgIpc) is 3.19. The molecule has 2 aromatic rings. The summed E-state index contributed by atoms with van der Waals surface area (Å²) in [5, 5.41) is 15.8. The molecule has 1 heterocycles. The molecule has 1 fully saturated rings. The fourth-order valence-electron chi connectivity index (χ4n) is 2.75. The van der Waals surface area contributed by atoms with Gasteiger partial charge in [-0.2, -0.15) is 9.41 Å². The van der Waals surface area contributed by atoms with Crippen LogP contribution >= 0.6 is 11.6 Å². The van der Waals surface area contributed by atoms with Crippen molar-refractivity contribution in [2.75, 3.05) is 18.5 Å². The van der Waals surface area contributed by atoms with E-state index in [1.54, 1.807) is 24.3 Å². The highest BCUT2D eigenvalue weighted by Crippen LogP contribution is 2.30. The van der Waals surface area contributed by atoms with Crippen LogP contribution in [0.2, 0.25) is 5.02 Å². The summed E-state index contributed by atoms with van der Waals surface area (Å²) in [6.45, 7) is 0.858. The number of nitrogens with one attached hydrogen (secondary N) is 1. The molecule has 10 heteroatoms. The van der Waals surface area contributed by atoms with Crippen molar-refractivity contribution < 1.29 is 13.3 Å². The smallest absolute Gasteiger partial charge is 0.272 e. The van der Waals surface area contributed by atoms with E-state index in [1.165, 1.54) is 22.7 Å². The Morgan fingerprint density at radius 1 is 1.19 bits per heavy atom. The molecule has 0 spiro atoms. The van der Waals surface area contributed by atoms with Crippen molar-refractivity contribution in [3.63, 3.8) is 0 Å². The lowest BCUT2D eigenvalue weighted by atomic mass is 10.2. The molecule has 0 amide bonds. The largest absolute Gasteiger partial charge is 0.295 e. The summed E-state index contributed by atoms with van der Waals surface area (Å²) in [7, 11) is -3.74. The van der Waals surface area contributed by atoms with Crippen LogP contribution in [0.4, 0.5) is 11.4 Å². The SMILES string of the molecule is O=[N+]([O-])c1cc(S(=O)(=O)N2CCCC2)ccc1N/N=C\c1ccccc1Cl. The molecule has 1 saturated heterocycles. The summed E-state index contributed by atoms with van der Waals surface area (Å²) in [6, 6.07) is 10.7. The molecular formula is C17H17ClN4O4S. The van der Waals surface area contributed by atoms with Gasteiger partial charge in [0, 0.05) is 29.7 Å². The molecule has 0 bridgehead atoms. The quantitative estimate of drug-likeness (QED) is 0.447. The van der Waals surface area contributed by atoms with Crippen LogP contribution in [0.5, 0.6) is 0 Å². The lowest BCUT2D eigenvalue weighted by Gasteiger charge is -2.15.